The van der Waals surface area contributed by atoms with E-state index in [1.54, 1.807) is 11.3 Å². The number of hydrazine groups is 1. The Labute approximate surface area is 135 Å². The molecule has 0 aromatic carbocycles. The number of thiophene rings is 1. The molecule has 1 atom stereocenters. The maximum Gasteiger partial charge on any atom is 0.270 e. The van der Waals surface area contributed by atoms with Crippen molar-refractivity contribution in [3.8, 4) is 0 Å². The summed E-state index contributed by atoms with van der Waals surface area (Å²) >= 11 is 6.82. The van der Waals surface area contributed by atoms with Crippen LogP contribution in [0.2, 0.25) is 0 Å². The van der Waals surface area contributed by atoms with Crippen LogP contribution in [0.5, 0.6) is 0 Å². The lowest BCUT2D eigenvalue weighted by molar-refractivity contribution is 0.0943. The molecule has 1 aliphatic carbocycles. The second-order valence-electron chi connectivity index (χ2n) is 6.08. The van der Waals surface area contributed by atoms with Gasteiger partial charge in [0.05, 0.1) is 5.56 Å². The molecule has 0 radical (unpaired) electrons. The highest BCUT2D eigenvalue weighted by atomic mass is 32.1. The van der Waals surface area contributed by atoms with E-state index >= 15 is 0 Å². The largest absolute Gasteiger partial charge is 0.361 e. The molecule has 21 heavy (non-hydrogen) atoms. The summed E-state index contributed by atoms with van der Waals surface area (Å²) in [5.41, 5.74) is 7.46. The Morgan fingerprint density at radius 1 is 1.48 bits per heavy atom. The first-order valence-corrected chi connectivity index (χ1v) is 8.69. The molecule has 0 saturated heterocycles. The molecule has 0 unspecified atom stereocenters. The third-order valence-corrected chi connectivity index (χ3v) is 4.90. The van der Waals surface area contributed by atoms with Crippen LogP contribution in [-0.4, -0.2) is 17.6 Å². The molecule has 4 nitrogen and oxygen atoms in total. The molecule has 1 aromatic heterocycles. The van der Waals surface area contributed by atoms with Gasteiger partial charge in [0.2, 0.25) is 0 Å². The number of amides is 1. The molecular formula is C15H23N3OS2. The molecular weight excluding hydrogens is 302 g/mol. The molecule has 0 bridgehead atoms. The zero-order valence-electron chi connectivity index (χ0n) is 12.8. The average Bonchev–Trinajstić information content (AvgIpc) is 2.85. The van der Waals surface area contributed by atoms with Gasteiger partial charge in [-0.15, -0.1) is 11.3 Å². The van der Waals surface area contributed by atoms with Crippen LogP contribution < -0.4 is 16.2 Å². The molecule has 0 spiro atoms. The standard InChI is InChI=1S/C15H23N3OS2/c1-9(2)7-16-15(20)18-17-14(19)12-8-21-13-6-10(3)4-5-11(12)13/h8-10H,4-7H2,1-3H3,(H,17,19)(H2,16,18,20)/t10-/m0/s1. The number of thiocarbonyl (C=S) groups is 1. The molecule has 1 aliphatic rings. The zero-order chi connectivity index (χ0) is 15.4. The van der Waals surface area contributed by atoms with Gasteiger partial charge >= 0.3 is 0 Å². The van der Waals surface area contributed by atoms with E-state index in [4.69, 9.17) is 12.2 Å². The molecule has 0 fully saturated rings. The topological polar surface area (TPSA) is 53.2 Å². The first-order valence-electron chi connectivity index (χ1n) is 7.40. The van der Waals surface area contributed by atoms with Crippen LogP contribution in [-0.2, 0) is 12.8 Å². The fourth-order valence-electron chi connectivity index (χ4n) is 2.39. The maximum absolute atomic E-state index is 12.2. The van der Waals surface area contributed by atoms with Crippen LogP contribution in [0.15, 0.2) is 5.38 Å². The van der Waals surface area contributed by atoms with Crippen LogP contribution in [0.1, 0.15) is 48.0 Å². The van der Waals surface area contributed by atoms with Crippen molar-refractivity contribution in [2.75, 3.05) is 6.54 Å². The van der Waals surface area contributed by atoms with Gasteiger partial charge in [-0.2, -0.15) is 0 Å². The summed E-state index contributed by atoms with van der Waals surface area (Å²) in [6.07, 6.45) is 3.25. The summed E-state index contributed by atoms with van der Waals surface area (Å²) in [5, 5.41) is 5.48. The highest BCUT2D eigenvalue weighted by molar-refractivity contribution is 7.80. The summed E-state index contributed by atoms with van der Waals surface area (Å²) in [5.74, 6) is 1.13. The molecule has 0 aliphatic heterocycles. The normalized spacial score (nSPS) is 17.2. The minimum Gasteiger partial charge on any atom is -0.361 e. The van der Waals surface area contributed by atoms with Gasteiger partial charge in [-0.3, -0.25) is 15.6 Å². The minimum atomic E-state index is -0.101. The first-order chi connectivity index (χ1) is 9.97. The summed E-state index contributed by atoms with van der Waals surface area (Å²) < 4.78 is 0. The third-order valence-electron chi connectivity index (χ3n) is 3.61. The van der Waals surface area contributed by atoms with Crippen molar-refractivity contribution in [2.24, 2.45) is 11.8 Å². The van der Waals surface area contributed by atoms with Crippen LogP contribution in [0.25, 0.3) is 0 Å². The molecule has 2 rings (SSSR count). The number of carbonyl (C=O) groups excluding carboxylic acids is 1. The van der Waals surface area contributed by atoms with E-state index in [9.17, 15) is 4.79 Å². The van der Waals surface area contributed by atoms with Gasteiger partial charge in [-0.1, -0.05) is 20.8 Å². The predicted molar refractivity (Wildman–Crippen MR) is 91.5 cm³/mol. The monoisotopic (exact) mass is 325 g/mol. The average molecular weight is 326 g/mol. The van der Waals surface area contributed by atoms with Crippen molar-refractivity contribution in [2.45, 2.75) is 40.0 Å². The molecule has 0 saturated carbocycles. The van der Waals surface area contributed by atoms with E-state index < -0.39 is 0 Å². The minimum absolute atomic E-state index is 0.101. The lowest BCUT2D eigenvalue weighted by Crippen LogP contribution is -2.47. The fourth-order valence-corrected chi connectivity index (χ4v) is 3.77. The number of carbonyl (C=O) groups is 1. The quantitative estimate of drug-likeness (QED) is 0.591. The third kappa shape index (κ3) is 4.41. The Kier molecular flexibility index (Phi) is 5.58. The summed E-state index contributed by atoms with van der Waals surface area (Å²) in [7, 11) is 0. The zero-order valence-corrected chi connectivity index (χ0v) is 14.4. The molecule has 1 heterocycles. The SMILES string of the molecule is CC(C)CNC(=S)NNC(=O)c1csc2c1CC[C@H](C)C2. The van der Waals surface area contributed by atoms with Gasteiger partial charge in [0.25, 0.3) is 5.91 Å². The molecule has 1 amide bonds. The Bertz CT molecular complexity index is 525. The Hall–Kier alpha value is -1.14. The van der Waals surface area contributed by atoms with E-state index in [1.165, 1.54) is 10.4 Å². The van der Waals surface area contributed by atoms with Crippen LogP contribution >= 0.6 is 23.6 Å². The van der Waals surface area contributed by atoms with Gasteiger partial charge < -0.3 is 5.32 Å². The molecule has 1 aromatic rings. The number of hydrogen-bond donors (Lipinski definition) is 3. The highest BCUT2D eigenvalue weighted by Crippen LogP contribution is 2.32. The lowest BCUT2D eigenvalue weighted by atomic mass is 9.88. The summed E-state index contributed by atoms with van der Waals surface area (Å²) in [4.78, 5) is 13.6. The summed E-state index contributed by atoms with van der Waals surface area (Å²) in [6.45, 7) is 7.26. The highest BCUT2D eigenvalue weighted by Gasteiger charge is 2.23. The smallest absolute Gasteiger partial charge is 0.270 e. The first kappa shape index (κ1) is 16.2. The molecule has 116 valence electrons. The van der Waals surface area contributed by atoms with Gasteiger partial charge in [-0.05, 0) is 48.9 Å². The second kappa shape index (κ2) is 7.22. The Morgan fingerprint density at radius 2 is 2.24 bits per heavy atom. The van der Waals surface area contributed by atoms with Gasteiger partial charge in [0.1, 0.15) is 0 Å². The van der Waals surface area contributed by atoms with Crippen molar-refractivity contribution >= 4 is 34.6 Å². The number of rotatable bonds is 3. The van der Waals surface area contributed by atoms with E-state index in [2.05, 4.69) is 36.9 Å². The predicted octanol–water partition coefficient (Wildman–Crippen LogP) is 2.64. The Balaban J connectivity index is 1.88. The van der Waals surface area contributed by atoms with Crippen LogP contribution in [0, 0.1) is 11.8 Å². The molecule has 3 N–H and O–H groups in total. The number of hydrogen-bond acceptors (Lipinski definition) is 3. The van der Waals surface area contributed by atoms with Crippen molar-refractivity contribution in [1.82, 2.24) is 16.2 Å². The second-order valence-corrected chi connectivity index (χ2v) is 7.45. The van der Waals surface area contributed by atoms with Crippen molar-refractivity contribution < 1.29 is 4.79 Å². The summed E-state index contributed by atoms with van der Waals surface area (Å²) in [6, 6.07) is 0. The molecule has 6 heteroatoms. The van der Waals surface area contributed by atoms with Crippen molar-refractivity contribution in [3.63, 3.8) is 0 Å². The van der Waals surface area contributed by atoms with Gasteiger partial charge in [-0.25, -0.2) is 0 Å². The van der Waals surface area contributed by atoms with Crippen molar-refractivity contribution in [3.05, 3.63) is 21.4 Å². The van der Waals surface area contributed by atoms with E-state index in [0.29, 0.717) is 11.0 Å². The van der Waals surface area contributed by atoms with Gasteiger partial charge in [0, 0.05) is 16.8 Å². The van der Waals surface area contributed by atoms with Gasteiger partial charge in [0.15, 0.2) is 5.11 Å². The van der Waals surface area contributed by atoms with E-state index in [0.717, 1.165) is 37.3 Å². The van der Waals surface area contributed by atoms with Crippen LogP contribution in [0.3, 0.4) is 0 Å². The number of fused-ring (bicyclic) bond motifs is 1. The lowest BCUT2D eigenvalue weighted by Gasteiger charge is -2.19. The maximum atomic E-state index is 12.2. The van der Waals surface area contributed by atoms with Crippen LogP contribution in [0.4, 0.5) is 0 Å². The van der Waals surface area contributed by atoms with Crippen molar-refractivity contribution in [1.29, 1.82) is 0 Å². The fraction of sp³-hybridized carbons (Fsp3) is 0.600. The van der Waals surface area contributed by atoms with E-state index in [1.807, 2.05) is 5.38 Å². The number of nitrogens with one attached hydrogen (secondary N) is 3. The van der Waals surface area contributed by atoms with E-state index in [-0.39, 0.29) is 5.91 Å². The Morgan fingerprint density at radius 3 is 2.95 bits per heavy atom.